The van der Waals surface area contributed by atoms with Gasteiger partial charge in [-0.25, -0.2) is 18.2 Å². The first-order valence-corrected chi connectivity index (χ1v) is 7.76. The number of aromatic nitrogens is 1. The fourth-order valence-corrected chi connectivity index (χ4v) is 2.89. The SMILES string of the molecule is O=C(CCCCBr)Nc1nc2c(F)c(F)c(F)cc2s1. The molecule has 108 valence electrons. The number of benzene rings is 1. The molecule has 1 N–H and O–H groups in total. The van der Waals surface area contributed by atoms with E-state index in [1.54, 1.807) is 0 Å². The minimum Gasteiger partial charge on any atom is -0.302 e. The fraction of sp³-hybridized carbons (Fsp3) is 0.333. The minimum absolute atomic E-state index is 0.132. The first kappa shape index (κ1) is 15.2. The van der Waals surface area contributed by atoms with Crippen molar-refractivity contribution in [2.45, 2.75) is 19.3 Å². The Morgan fingerprint density at radius 2 is 2.05 bits per heavy atom. The Hall–Kier alpha value is -1.15. The Bertz CT molecular complexity index is 647. The topological polar surface area (TPSA) is 42.0 Å². The normalized spacial score (nSPS) is 11.0. The molecular formula is C12H10BrF3N2OS. The maximum Gasteiger partial charge on any atom is 0.226 e. The van der Waals surface area contributed by atoms with Gasteiger partial charge in [0.25, 0.3) is 0 Å². The van der Waals surface area contributed by atoms with E-state index in [2.05, 4.69) is 26.2 Å². The molecule has 1 aromatic heterocycles. The highest BCUT2D eigenvalue weighted by molar-refractivity contribution is 9.09. The van der Waals surface area contributed by atoms with Gasteiger partial charge in [-0.1, -0.05) is 27.3 Å². The van der Waals surface area contributed by atoms with Crippen LogP contribution in [0.15, 0.2) is 6.07 Å². The van der Waals surface area contributed by atoms with Gasteiger partial charge in [0.05, 0.1) is 4.70 Å². The third kappa shape index (κ3) is 3.29. The van der Waals surface area contributed by atoms with E-state index < -0.39 is 17.5 Å². The van der Waals surface area contributed by atoms with E-state index in [9.17, 15) is 18.0 Å². The summed E-state index contributed by atoms with van der Waals surface area (Å²) < 4.78 is 39.7. The zero-order chi connectivity index (χ0) is 14.7. The number of alkyl halides is 1. The van der Waals surface area contributed by atoms with Gasteiger partial charge in [-0.3, -0.25) is 4.79 Å². The second kappa shape index (κ2) is 6.53. The second-order valence-corrected chi connectivity index (χ2v) is 5.87. The summed E-state index contributed by atoms with van der Waals surface area (Å²) in [6, 6.07) is 0.867. The molecule has 3 nitrogen and oxygen atoms in total. The number of hydrogen-bond donors (Lipinski definition) is 1. The highest BCUT2D eigenvalue weighted by Crippen LogP contribution is 2.30. The number of fused-ring (bicyclic) bond motifs is 1. The molecule has 0 fully saturated rings. The molecule has 0 aliphatic heterocycles. The number of nitrogens with zero attached hydrogens (tertiary/aromatic N) is 1. The van der Waals surface area contributed by atoms with E-state index in [4.69, 9.17) is 0 Å². The van der Waals surface area contributed by atoms with Gasteiger partial charge < -0.3 is 5.32 Å². The number of carbonyl (C=O) groups is 1. The van der Waals surface area contributed by atoms with E-state index in [0.29, 0.717) is 12.8 Å². The number of thiazole rings is 1. The average molecular weight is 367 g/mol. The van der Waals surface area contributed by atoms with Gasteiger partial charge in [0.15, 0.2) is 22.6 Å². The van der Waals surface area contributed by atoms with Crippen LogP contribution in [-0.4, -0.2) is 16.2 Å². The number of carbonyl (C=O) groups excluding carboxylic acids is 1. The van der Waals surface area contributed by atoms with Gasteiger partial charge >= 0.3 is 0 Å². The predicted octanol–water partition coefficient (Wildman–Crippen LogP) is 4.22. The van der Waals surface area contributed by atoms with Crippen LogP contribution in [0.25, 0.3) is 10.2 Å². The van der Waals surface area contributed by atoms with Crippen molar-refractivity contribution in [2.75, 3.05) is 10.6 Å². The van der Waals surface area contributed by atoms with Crippen LogP contribution in [0.1, 0.15) is 19.3 Å². The van der Waals surface area contributed by atoms with E-state index in [1.807, 2.05) is 0 Å². The molecule has 20 heavy (non-hydrogen) atoms. The summed E-state index contributed by atoms with van der Waals surface area (Å²) in [4.78, 5) is 15.4. The van der Waals surface area contributed by atoms with Crippen LogP contribution in [0.3, 0.4) is 0 Å². The summed E-state index contributed by atoms with van der Waals surface area (Å²) in [5.41, 5.74) is -0.273. The zero-order valence-corrected chi connectivity index (χ0v) is 12.6. The quantitative estimate of drug-likeness (QED) is 0.489. The number of amides is 1. The molecule has 1 amide bonds. The van der Waals surface area contributed by atoms with Gasteiger partial charge in [0.1, 0.15) is 5.52 Å². The fourth-order valence-electron chi connectivity index (χ4n) is 1.59. The molecule has 0 saturated heterocycles. The third-order valence-electron chi connectivity index (χ3n) is 2.56. The number of hydrogen-bond acceptors (Lipinski definition) is 3. The lowest BCUT2D eigenvalue weighted by atomic mass is 10.2. The van der Waals surface area contributed by atoms with Crippen LogP contribution >= 0.6 is 27.3 Å². The Morgan fingerprint density at radius 3 is 2.75 bits per heavy atom. The van der Waals surface area contributed by atoms with Gasteiger partial charge in [0.2, 0.25) is 5.91 Å². The number of rotatable bonds is 5. The molecule has 0 spiro atoms. The predicted molar refractivity (Wildman–Crippen MR) is 75.8 cm³/mol. The monoisotopic (exact) mass is 366 g/mol. The molecule has 0 atom stereocenters. The standard InChI is InChI=1S/C12H10BrF3N2OS/c13-4-2-1-3-8(19)17-12-18-11-7(20-12)5-6(14)9(15)10(11)16/h5H,1-4H2,(H,17,18,19). The maximum absolute atomic E-state index is 13.5. The highest BCUT2D eigenvalue weighted by atomic mass is 79.9. The van der Waals surface area contributed by atoms with Crippen molar-refractivity contribution in [3.63, 3.8) is 0 Å². The first-order chi connectivity index (χ1) is 9.52. The van der Waals surface area contributed by atoms with Crippen molar-refractivity contribution < 1.29 is 18.0 Å². The Kier molecular flexibility index (Phi) is 4.98. The Labute approximate surface area is 125 Å². The molecule has 0 bridgehead atoms. The molecule has 0 saturated carbocycles. The number of anilines is 1. The molecule has 1 aromatic carbocycles. The van der Waals surface area contributed by atoms with Gasteiger partial charge in [-0.15, -0.1) is 0 Å². The van der Waals surface area contributed by atoms with E-state index in [0.717, 1.165) is 29.2 Å². The number of unbranched alkanes of at least 4 members (excludes halogenated alkanes) is 1. The third-order valence-corrected chi connectivity index (χ3v) is 4.03. The lowest BCUT2D eigenvalue weighted by Gasteiger charge is -1.99. The summed E-state index contributed by atoms with van der Waals surface area (Å²) in [6.45, 7) is 0. The smallest absolute Gasteiger partial charge is 0.226 e. The molecule has 0 radical (unpaired) electrons. The van der Waals surface area contributed by atoms with Crippen molar-refractivity contribution in [3.8, 4) is 0 Å². The van der Waals surface area contributed by atoms with Gasteiger partial charge in [-0.2, -0.15) is 0 Å². The minimum atomic E-state index is -1.56. The van der Waals surface area contributed by atoms with Gasteiger partial charge in [-0.05, 0) is 18.9 Å². The Morgan fingerprint density at radius 1 is 1.30 bits per heavy atom. The molecular weight excluding hydrogens is 357 g/mol. The van der Waals surface area contributed by atoms with Gasteiger partial charge in [0, 0.05) is 11.8 Å². The van der Waals surface area contributed by atoms with Crippen molar-refractivity contribution in [1.82, 2.24) is 4.98 Å². The van der Waals surface area contributed by atoms with E-state index in [1.165, 1.54) is 0 Å². The lowest BCUT2D eigenvalue weighted by molar-refractivity contribution is -0.116. The molecule has 1 heterocycles. The summed E-state index contributed by atoms with van der Waals surface area (Å²) >= 11 is 4.16. The second-order valence-electron chi connectivity index (χ2n) is 4.05. The molecule has 2 rings (SSSR count). The van der Waals surface area contributed by atoms with Crippen LogP contribution in [0, 0.1) is 17.5 Å². The van der Waals surface area contributed by atoms with Crippen LogP contribution in [-0.2, 0) is 4.79 Å². The number of nitrogens with one attached hydrogen (secondary N) is 1. The van der Waals surface area contributed by atoms with Crippen LogP contribution < -0.4 is 5.32 Å². The van der Waals surface area contributed by atoms with Crippen molar-refractivity contribution in [1.29, 1.82) is 0 Å². The van der Waals surface area contributed by atoms with Crippen LogP contribution in [0.4, 0.5) is 18.3 Å². The summed E-state index contributed by atoms with van der Waals surface area (Å²) in [5, 5.41) is 3.44. The summed E-state index contributed by atoms with van der Waals surface area (Å²) in [5.74, 6) is -4.42. The summed E-state index contributed by atoms with van der Waals surface area (Å²) in [7, 11) is 0. The summed E-state index contributed by atoms with van der Waals surface area (Å²) in [6.07, 6.45) is 1.88. The lowest BCUT2D eigenvalue weighted by Crippen LogP contribution is -2.10. The zero-order valence-electron chi connectivity index (χ0n) is 10.2. The molecule has 0 aliphatic rings. The van der Waals surface area contributed by atoms with Crippen molar-refractivity contribution in [3.05, 3.63) is 23.5 Å². The van der Waals surface area contributed by atoms with E-state index in [-0.39, 0.29) is 21.3 Å². The van der Waals surface area contributed by atoms with E-state index >= 15 is 0 Å². The molecule has 8 heteroatoms. The highest BCUT2D eigenvalue weighted by Gasteiger charge is 2.18. The average Bonchev–Trinajstić information content (AvgIpc) is 2.79. The first-order valence-electron chi connectivity index (χ1n) is 5.82. The van der Waals surface area contributed by atoms with Crippen LogP contribution in [0.5, 0.6) is 0 Å². The number of halogens is 4. The van der Waals surface area contributed by atoms with Crippen molar-refractivity contribution in [2.24, 2.45) is 0 Å². The maximum atomic E-state index is 13.5. The van der Waals surface area contributed by atoms with Crippen molar-refractivity contribution >= 4 is 48.5 Å². The molecule has 0 unspecified atom stereocenters. The molecule has 0 aliphatic carbocycles. The molecule has 2 aromatic rings. The van der Waals surface area contributed by atoms with Crippen LogP contribution in [0.2, 0.25) is 0 Å². The Balaban J connectivity index is 2.16. The largest absolute Gasteiger partial charge is 0.302 e.